The molecule has 3 rings (SSSR count). The molecule has 0 saturated carbocycles. The number of ketones is 1. The Kier molecular flexibility index (Phi) is 4.79. The maximum absolute atomic E-state index is 12.4. The maximum atomic E-state index is 12.4. The number of aromatic nitrogens is 2. The summed E-state index contributed by atoms with van der Waals surface area (Å²) in [4.78, 5) is 48.3. The van der Waals surface area contributed by atoms with Gasteiger partial charge in [0.1, 0.15) is 0 Å². The topological polar surface area (TPSA) is 101 Å². The van der Waals surface area contributed by atoms with Crippen LogP contribution in [0.1, 0.15) is 23.7 Å². The summed E-state index contributed by atoms with van der Waals surface area (Å²) in [6.45, 7) is 1.44. The van der Waals surface area contributed by atoms with Gasteiger partial charge in [0.05, 0.1) is 23.0 Å². The predicted molar refractivity (Wildman–Crippen MR) is 98.5 cm³/mol. The Labute approximate surface area is 148 Å². The lowest BCUT2D eigenvalue weighted by Gasteiger charge is -2.10. The van der Waals surface area contributed by atoms with E-state index in [1.54, 1.807) is 48.5 Å². The molecule has 2 N–H and O–H groups in total. The molecule has 0 bridgehead atoms. The summed E-state index contributed by atoms with van der Waals surface area (Å²) in [5.74, 6) is -0.518. The van der Waals surface area contributed by atoms with E-state index in [0.29, 0.717) is 22.0 Å². The van der Waals surface area contributed by atoms with Gasteiger partial charge in [0.2, 0.25) is 5.91 Å². The van der Waals surface area contributed by atoms with E-state index in [2.05, 4.69) is 10.4 Å². The molecule has 0 aliphatic heterocycles. The summed E-state index contributed by atoms with van der Waals surface area (Å²) < 4.78 is 1.13. The Hall–Kier alpha value is -3.48. The molecule has 0 unspecified atom stereocenters. The first-order valence-electron chi connectivity index (χ1n) is 8.09. The number of benzene rings is 2. The van der Waals surface area contributed by atoms with Crippen LogP contribution in [0.2, 0.25) is 0 Å². The zero-order valence-electron chi connectivity index (χ0n) is 14.1. The van der Waals surface area contributed by atoms with Crippen molar-refractivity contribution in [3.63, 3.8) is 0 Å². The first kappa shape index (κ1) is 17.3. The number of carbonyl (C=O) groups is 2. The number of amides is 1. The number of para-hydroxylation sites is 1. The molecule has 0 fully saturated rings. The second-order valence-electron chi connectivity index (χ2n) is 5.84. The molecule has 3 aromatic rings. The van der Waals surface area contributed by atoms with Gasteiger partial charge in [-0.05, 0) is 31.2 Å². The highest BCUT2D eigenvalue weighted by Crippen LogP contribution is 2.15. The van der Waals surface area contributed by atoms with Crippen molar-refractivity contribution in [3.05, 3.63) is 74.8 Å². The molecular weight excluding hydrogens is 334 g/mol. The first-order valence-corrected chi connectivity index (χ1v) is 8.09. The highest BCUT2D eigenvalue weighted by Gasteiger charge is 2.11. The molecule has 1 heterocycles. The normalized spacial score (nSPS) is 10.7. The van der Waals surface area contributed by atoms with Gasteiger partial charge in [-0.1, -0.05) is 24.3 Å². The maximum Gasteiger partial charge on any atom is 0.273 e. The lowest BCUT2D eigenvalue weighted by molar-refractivity contribution is -0.116. The number of H-pyrrole nitrogens is 1. The predicted octanol–water partition coefficient (Wildman–Crippen LogP) is 1.92. The molecule has 1 amide bonds. The van der Waals surface area contributed by atoms with E-state index >= 15 is 0 Å². The lowest BCUT2D eigenvalue weighted by atomic mass is 10.1. The summed E-state index contributed by atoms with van der Waals surface area (Å²) in [5.41, 5.74) is 0.0844. The zero-order chi connectivity index (χ0) is 18.7. The van der Waals surface area contributed by atoms with Crippen LogP contribution in [-0.2, 0) is 11.3 Å². The molecule has 0 radical (unpaired) electrons. The third kappa shape index (κ3) is 3.46. The van der Waals surface area contributed by atoms with Crippen LogP contribution in [0.3, 0.4) is 0 Å². The second-order valence-corrected chi connectivity index (χ2v) is 5.84. The quantitative estimate of drug-likeness (QED) is 0.686. The molecule has 0 aliphatic carbocycles. The Balaban J connectivity index is 1.78. The second kappa shape index (κ2) is 7.18. The molecule has 0 aliphatic rings. The highest BCUT2D eigenvalue weighted by atomic mass is 16.2. The molecular formula is C19H17N3O4. The van der Waals surface area contributed by atoms with Gasteiger partial charge in [0.15, 0.2) is 5.78 Å². The van der Waals surface area contributed by atoms with Gasteiger partial charge in [-0.3, -0.25) is 24.3 Å². The molecule has 0 spiro atoms. The first-order chi connectivity index (χ1) is 12.5. The van der Waals surface area contributed by atoms with Crippen molar-refractivity contribution < 1.29 is 9.59 Å². The van der Waals surface area contributed by atoms with Gasteiger partial charge in [0, 0.05) is 12.0 Å². The fraction of sp³-hybridized carbons (Fsp3) is 0.158. The zero-order valence-corrected chi connectivity index (χ0v) is 14.1. The largest absolute Gasteiger partial charge is 0.325 e. The van der Waals surface area contributed by atoms with Gasteiger partial charge in [-0.25, -0.2) is 4.68 Å². The number of rotatable bonds is 5. The third-order valence-corrected chi connectivity index (χ3v) is 4.03. The van der Waals surface area contributed by atoms with Crippen LogP contribution in [0.4, 0.5) is 5.69 Å². The monoisotopic (exact) mass is 351 g/mol. The van der Waals surface area contributed by atoms with Crippen molar-refractivity contribution >= 4 is 28.2 Å². The van der Waals surface area contributed by atoms with Crippen LogP contribution in [0, 0.1) is 0 Å². The molecule has 0 atom stereocenters. The number of nitrogens with zero attached hydrogens (tertiary/aromatic N) is 1. The molecule has 1 aromatic heterocycles. The van der Waals surface area contributed by atoms with Gasteiger partial charge in [0.25, 0.3) is 11.1 Å². The van der Waals surface area contributed by atoms with Crippen LogP contribution in [-0.4, -0.2) is 21.5 Å². The van der Waals surface area contributed by atoms with E-state index in [1.807, 2.05) is 0 Å². The Morgan fingerprint density at radius 3 is 2.38 bits per heavy atom. The summed E-state index contributed by atoms with van der Waals surface area (Å²) in [6.07, 6.45) is -0.0274. The smallest absolute Gasteiger partial charge is 0.273 e. The fourth-order valence-corrected chi connectivity index (χ4v) is 2.73. The Morgan fingerprint density at radius 1 is 1.00 bits per heavy atom. The number of Topliss-reactive ketones (excluding diaryl/α,β-unsaturated/α-hetero) is 1. The minimum Gasteiger partial charge on any atom is -0.325 e. The summed E-state index contributed by atoms with van der Waals surface area (Å²) in [5, 5.41) is 5.77. The van der Waals surface area contributed by atoms with Crippen LogP contribution < -0.4 is 16.4 Å². The average Bonchev–Trinajstić information content (AvgIpc) is 2.64. The van der Waals surface area contributed by atoms with Crippen molar-refractivity contribution in [2.24, 2.45) is 0 Å². The van der Waals surface area contributed by atoms with Crippen molar-refractivity contribution in [2.75, 3.05) is 5.32 Å². The van der Waals surface area contributed by atoms with Crippen LogP contribution in [0.15, 0.2) is 58.1 Å². The number of anilines is 1. The molecule has 7 nitrogen and oxygen atoms in total. The Morgan fingerprint density at radius 2 is 1.65 bits per heavy atom. The summed E-state index contributed by atoms with van der Waals surface area (Å²) in [7, 11) is 0. The molecule has 132 valence electrons. The van der Waals surface area contributed by atoms with E-state index in [4.69, 9.17) is 0 Å². The number of hydrogen-bond donors (Lipinski definition) is 2. The number of hydrogen-bond acceptors (Lipinski definition) is 4. The van der Waals surface area contributed by atoms with Crippen molar-refractivity contribution in [2.45, 2.75) is 19.9 Å². The van der Waals surface area contributed by atoms with Crippen LogP contribution >= 0.6 is 0 Å². The molecule has 26 heavy (non-hydrogen) atoms. The van der Waals surface area contributed by atoms with E-state index in [0.717, 1.165) is 4.68 Å². The molecule has 0 saturated heterocycles. The van der Waals surface area contributed by atoms with E-state index < -0.39 is 0 Å². The SMILES string of the molecule is CC(=O)c1ccccc1NC(=O)CCn1[nH]c(=O)c2ccccc2c1=O. The Bertz CT molecular complexity index is 1110. The van der Waals surface area contributed by atoms with Crippen LogP contribution in [0.5, 0.6) is 0 Å². The molecule has 2 aromatic carbocycles. The van der Waals surface area contributed by atoms with E-state index in [-0.39, 0.29) is 35.8 Å². The van der Waals surface area contributed by atoms with Gasteiger partial charge in [-0.2, -0.15) is 0 Å². The summed E-state index contributed by atoms with van der Waals surface area (Å²) >= 11 is 0. The minimum atomic E-state index is -0.387. The van der Waals surface area contributed by atoms with Crippen LogP contribution in [0.25, 0.3) is 10.8 Å². The van der Waals surface area contributed by atoms with E-state index in [1.165, 1.54) is 6.92 Å². The standard InChI is InChI=1S/C19H17N3O4/c1-12(23)13-6-4-5-9-16(13)20-17(24)10-11-22-19(26)15-8-3-2-7-14(15)18(25)21-22/h2-9H,10-11H2,1H3,(H,20,24)(H,21,25). The van der Waals surface area contributed by atoms with Gasteiger partial charge < -0.3 is 5.32 Å². The van der Waals surface area contributed by atoms with Gasteiger partial charge in [-0.15, -0.1) is 0 Å². The van der Waals surface area contributed by atoms with Gasteiger partial charge >= 0.3 is 0 Å². The van der Waals surface area contributed by atoms with Crippen molar-refractivity contribution in [1.82, 2.24) is 9.78 Å². The minimum absolute atomic E-state index is 0.0208. The number of aromatic amines is 1. The number of carbonyl (C=O) groups excluding carboxylic acids is 2. The average molecular weight is 351 g/mol. The number of nitrogens with one attached hydrogen (secondary N) is 2. The van der Waals surface area contributed by atoms with Crippen molar-refractivity contribution in [3.8, 4) is 0 Å². The number of fused-ring (bicyclic) bond motifs is 1. The fourth-order valence-electron chi connectivity index (χ4n) is 2.73. The lowest BCUT2D eigenvalue weighted by Crippen LogP contribution is -2.31. The van der Waals surface area contributed by atoms with Crippen molar-refractivity contribution in [1.29, 1.82) is 0 Å². The third-order valence-electron chi connectivity index (χ3n) is 4.03. The molecule has 7 heteroatoms. The number of aryl methyl sites for hydroxylation is 1. The highest BCUT2D eigenvalue weighted by molar-refractivity contribution is 6.03. The van der Waals surface area contributed by atoms with E-state index in [9.17, 15) is 19.2 Å². The summed E-state index contributed by atoms with van der Waals surface area (Å²) in [6, 6.07) is 13.2.